The minimum absolute atomic E-state index is 0.00786. The third kappa shape index (κ3) is 2.24. The van der Waals surface area contributed by atoms with Crippen molar-refractivity contribution in [1.29, 1.82) is 0 Å². The number of hydrogen-bond donors (Lipinski definition) is 2. The number of hydrogen-bond acceptors (Lipinski definition) is 2. The number of aliphatic hydroxyl groups excluding tert-OH is 2. The van der Waals surface area contributed by atoms with Gasteiger partial charge in [-0.3, -0.25) is 0 Å². The minimum atomic E-state index is -0.132. The Kier molecular flexibility index (Phi) is 3.90. The highest BCUT2D eigenvalue weighted by Gasteiger charge is 2.07. The van der Waals surface area contributed by atoms with Gasteiger partial charge in [-0.25, -0.2) is 4.85 Å². The number of aliphatic hydroxyl groups is 2. The molecule has 0 saturated heterocycles. The van der Waals surface area contributed by atoms with Crippen LogP contribution in [0.4, 0.5) is 5.69 Å². The normalized spacial score (nSPS) is 9.86. The topological polar surface area (TPSA) is 44.8 Å². The van der Waals surface area contributed by atoms with Crippen molar-refractivity contribution in [3.8, 4) is 0 Å². The molecule has 1 aromatic rings. The van der Waals surface area contributed by atoms with Gasteiger partial charge in [-0.05, 0) is 18.1 Å². The molecule has 0 fully saturated rings. The Labute approximate surface area is 87.4 Å². The van der Waals surface area contributed by atoms with Crippen LogP contribution in [0.1, 0.15) is 11.1 Å². The molecule has 4 heteroatoms. The summed E-state index contributed by atoms with van der Waals surface area (Å²) in [6.45, 7) is 6.72. The van der Waals surface area contributed by atoms with Gasteiger partial charge in [0.15, 0.2) is 0 Å². The number of halogens is 1. The van der Waals surface area contributed by atoms with Crippen molar-refractivity contribution in [3.63, 3.8) is 0 Å². The molecule has 14 heavy (non-hydrogen) atoms. The second kappa shape index (κ2) is 4.97. The highest BCUT2D eigenvalue weighted by Crippen LogP contribution is 2.29. The number of nitrogens with zero attached hydrogens (tertiary/aromatic N) is 1. The molecule has 0 aliphatic heterocycles. The molecule has 3 nitrogen and oxygen atoms in total. The summed E-state index contributed by atoms with van der Waals surface area (Å²) in [7, 11) is 0. The maximum atomic E-state index is 9.02. The lowest BCUT2D eigenvalue weighted by atomic mass is 10.0. The van der Waals surface area contributed by atoms with Crippen LogP contribution in [-0.4, -0.2) is 16.8 Å². The van der Waals surface area contributed by atoms with E-state index in [1.165, 1.54) is 0 Å². The first-order chi connectivity index (χ1) is 6.72. The molecule has 0 unspecified atom stereocenters. The standard InChI is InChI=1S/C10H10ClNO2/c1-12-10-5-7(2-3-13)8(6-14)4-9(10)11/h4-5,13-14H,2-3,6H2. The highest BCUT2D eigenvalue weighted by atomic mass is 35.5. The van der Waals surface area contributed by atoms with E-state index in [4.69, 9.17) is 28.4 Å². The van der Waals surface area contributed by atoms with E-state index < -0.39 is 0 Å². The fourth-order valence-corrected chi connectivity index (χ4v) is 1.46. The van der Waals surface area contributed by atoms with E-state index in [0.717, 1.165) is 5.56 Å². The molecule has 1 rings (SSSR count). The summed E-state index contributed by atoms with van der Waals surface area (Å²) in [5, 5.41) is 18.1. The quantitative estimate of drug-likeness (QED) is 0.751. The average molecular weight is 212 g/mol. The third-order valence-electron chi connectivity index (χ3n) is 1.94. The van der Waals surface area contributed by atoms with Gasteiger partial charge in [-0.1, -0.05) is 23.2 Å². The lowest BCUT2D eigenvalue weighted by Crippen LogP contribution is -1.97. The fraction of sp³-hybridized carbons (Fsp3) is 0.300. The Bertz CT molecular complexity index is 371. The second-order valence-electron chi connectivity index (χ2n) is 2.82. The molecular formula is C10H10ClNO2. The maximum absolute atomic E-state index is 9.02. The Hall–Kier alpha value is -1.08. The van der Waals surface area contributed by atoms with Crippen LogP contribution in [0, 0.1) is 6.57 Å². The van der Waals surface area contributed by atoms with Gasteiger partial charge in [-0.15, -0.1) is 0 Å². The monoisotopic (exact) mass is 211 g/mol. The van der Waals surface area contributed by atoms with Crippen molar-refractivity contribution >= 4 is 17.3 Å². The zero-order valence-electron chi connectivity index (χ0n) is 7.50. The molecular weight excluding hydrogens is 202 g/mol. The van der Waals surface area contributed by atoms with Crippen molar-refractivity contribution < 1.29 is 10.2 Å². The zero-order chi connectivity index (χ0) is 10.6. The van der Waals surface area contributed by atoms with E-state index in [2.05, 4.69) is 4.85 Å². The van der Waals surface area contributed by atoms with E-state index in [9.17, 15) is 0 Å². The van der Waals surface area contributed by atoms with Gasteiger partial charge in [0.05, 0.1) is 13.2 Å². The summed E-state index contributed by atoms with van der Waals surface area (Å²) in [6, 6.07) is 3.18. The molecule has 0 heterocycles. The van der Waals surface area contributed by atoms with Crippen LogP contribution in [0.2, 0.25) is 5.02 Å². The molecule has 2 N–H and O–H groups in total. The lowest BCUT2D eigenvalue weighted by Gasteiger charge is -2.07. The Morgan fingerprint density at radius 3 is 2.50 bits per heavy atom. The van der Waals surface area contributed by atoms with E-state index in [0.29, 0.717) is 22.7 Å². The smallest absolute Gasteiger partial charge is 0.205 e. The molecule has 0 spiro atoms. The van der Waals surface area contributed by atoms with Crippen LogP contribution < -0.4 is 0 Å². The molecule has 0 aliphatic carbocycles. The highest BCUT2D eigenvalue weighted by molar-refractivity contribution is 6.33. The first-order valence-electron chi connectivity index (χ1n) is 4.13. The first-order valence-corrected chi connectivity index (χ1v) is 4.51. The molecule has 0 amide bonds. The van der Waals surface area contributed by atoms with Crippen LogP contribution in [0.5, 0.6) is 0 Å². The summed E-state index contributed by atoms with van der Waals surface area (Å²) in [6.07, 6.45) is 0.426. The van der Waals surface area contributed by atoms with Gasteiger partial charge in [0, 0.05) is 11.6 Å². The molecule has 0 radical (unpaired) electrons. The molecule has 1 aromatic carbocycles. The van der Waals surface area contributed by atoms with E-state index >= 15 is 0 Å². The summed E-state index contributed by atoms with van der Waals surface area (Å²) < 4.78 is 0. The first kappa shape index (κ1) is 11.0. The van der Waals surface area contributed by atoms with Crippen LogP contribution in [-0.2, 0) is 13.0 Å². The molecule has 0 aromatic heterocycles. The predicted octanol–water partition coefficient (Wildman–Crippen LogP) is 1.92. The number of rotatable bonds is 3. The van der Waals surface area contributed by atoms with Crippen LogP contribution in [0.3, 0.4) is 0 Å². The van der Waals surface area contributed by atoms with Crippen LogP contribution in [0.15, 0.2) is 12.1 Å². The average Bonchev–Trinajstić information content (AvgIpc) is 2.20. The van der Waals surface area contributed by atoms with Gasteiger partial charge in [0.2, 0.25) is 5.69 Å². The zero-order valence-corrected chi connectivity index (χ0v) is 8.25. The summed E-state index contributed by atoms with van der Waals surface area (Å²) in [5.74, 6) is 0. The summed E-state index contributed by atoms with van der Waals surface area (Å²) in [5.41, 5.74) is 1.79. The number of benzene rings is 1. The van der Waals surface area contributed by atoms with E-state index in [1.807, 2.05) is 0 Å². The van der Waals surface area contributed by atoms with Crippen molar-refractivity contribution in [2.24, 2.45) is 0 Å². The Morgan fingerprint density at radius 2 is 2.00 bits per heavy atom. The summed E-state index contributed by atoms with van der Waals surface area (Å²) in [4.78, 5) is 3.24. The SMILES string of the molecule is [C-]#[N+]c1cc(CCO)c(CO)cc1Cl. The maximum Gasteiger partial charge on any atom is 0.205 e. The Morgan fingerprint density at radius 1 is 1.29 bits per heavy atom. The molecule has 0 bridgehead atoms. The van der Waals surface area contributed by atoms with Gasteiger partial charge in [-0.2, -0.15) is 0 Å². The molecule has 0 atom stereocenters. The predicted molar refractivity (Wildman–Crippen MR) is 54.4 cm³/mol. The van der Waals surface area contributed by atoms with Crippen molar-refractivity contribution in [2.75, 3.05) is 6.61 Å². The van der Waals surface area contributed by atoms with Gasteiger partial charge in [0.1, 0.15) is 0 Å². The second-order valence-corrected chi connectivity index (χ2v) is 3.22. The summed E-state index contributed by atoms with van der Waals surface area (Å²) >= 11 is 5.79. The van der Waals surface area contributed by atoms with Gasteiger partial charge in [0.25, 0.3) is 0 Å². The largest absolute Gasteiger partial charge is 0.396 e. The molecule has 74 valence electrons. The van der Waals surface area contributed by atoms with E-state index in [1.54, 1.807) is 12.1 Å². The molecule has 0 aliphatic rings. The van der Waals surface area contributed by atoms with Gasteiger partial charge >= 0.3 is 0 Å². The van der Waals surface area contributed by atoms with E-state index in [-0.39, 0.29) is 13.2 Å². The minimum Gasteiger partial charge on any atom is -0.396 e. The van der Waals surface area contributed by atoms with Crippen molar-refractivity contribution in [1.82, 2.24) is 0 Å². The lowest BCUT2D eigenvalue weighted by molar-refractivity contribution is 0.276. The van der Waals surface area contributed by atoms with Crippen molar-refractivity contribution in [2.45, 2.75) is 13.0 Å². The van der Waals surface area contributed by atoms with Crippen LogP contribution in [0.25, 0.3) is 4.85 Å². The Balaban J connectivity index is 3.19. The third-order valence-corrected chi connectivity index (χ3v) is 2.24. The van der Waals surface area contributed by atoms with Crippen molar-refractivity contribution in [3.05, 3.63) is 39.7 Å². The van der Waals surface area contributed by atoms with Gasteiger partial charge < -0.3 is 10.2 Å². The fourth-order valence-electron chi connectivity index (χ4n) is 1.23. The molecule has 0 saturated carbocycles. The van der Waals surface area contributed by atoms with Crippen LogP contribution >= 0.6 is 11.6 Å².